The number of rotatable bonds is 3. The van der Waals surface area contributed by atoms with E-state index in [1.165, 1.54) is 10.8 Å². The summed E-state index contributed by atoms with van der Waals surface area (Å²) in [4.78, 5) is 27.8. The topological polar surface area (TPSA) is 84.8 Å². The van der Waals surface area contributed by atoms with Gasteiger partial charge in [-0.15, -0.1) is 0 Å². The van der Waals surface area contributed by atoms with Crippen molar-refractivity contribution in [2.24, 2.45) is 4.99 Å². The van der Waals surface area contributed by atoms with Crippen LogP contribution in [0.1, 0.15) is 35.3 Å². The van der Waals surface area contributed by atoms with Gasteiger partial charge in [-0.05, 0) is 26.3 Å². The number of aliphatic imine (C=N–C) groups is 1. The van der Waals surface area contributed by atoms with Gasteiger partial charge in [0.15, 0.2) is 11.6 Å². The second kappa shape index (κ2) is 6.60. The van der Waals surface area contributed by atoms with Crippen LogP contribution in [0.5, 0.6) is 0 Å². The van der Waals surface area contributed by atoms with Crippen LogP contribution in [0, 0.1) is 5.82 Å². The summed E-state index contributed by atoms with van der Waals surface area (Å²) in [6.45, 7) is 4.03. The Labute approximate surface area is 159 Å². The van der Waals surface area contributed by atoms with Crippen molar-refractivity contribution >= 4 is 28.9 Å². The number of furan rings is 1. The van der Waals surface area contributed by atoms with Crippen LogP contribution in [0.4, 0.5) is 4.39 Å². The predicted octanol–water partition coefficient (Wildman–Crippen LogP) is 4.11. The van der Waals surface area contributed by atoms with E-state index >= 15 is 0 Å². The Morgan fingerprint density at radius 3 is 2.79 bits per heavy atom. The number of aromatic carboxylic acids is 1. The van der Waals surface area contributed by atoms with E-state index in [4.69, 9.17) is 9.52 Å². The molecule has 0 spiro atoms. The first-order valence-electron chi connectivity index (χ1n) is 8.84. The number of allylic oxidation sites excluding steroid dienone is 1. The molecule has 0 saturated heterocycles. The molecule has 0 amide bonds. The van der Waals surface area contributed by atoms with Gasteiger partial charge in [-0.25, -0.2) is 9.18 Å². The van der Waals surface area contributed by atoms with Crippen LogP contribution in [-0.4, -0.2) is 21.9 Å². The molecule has 7 heteroatoms. The van der Waals surface area contributed by atoms with Crippen molar-refractivity contribution in [3.63, 3.8) is 0 Å². The Hall–Kier alpha value is -3.48. The lowest BCUT2D eigenvalue weighted by atomic mass is 9.99. The third-order valence-electron chi connectivity index (χ3n) is 4.91. The smallest absolute Gasteiger partial charge is 0.341 e. The number of carboxylic acids is 1. The predicted molar refractivity (Wildman–Crippen MR) is 104 cm³/mol. The molecule has 0 bridgehead atoms. The van der Waals surface area contributed by atoms with Gasteiger partial charge in [0.2, 0.25) is 5.43 Å². The van der Waals surface area contributed by atoms with E-state index in [1.807, 2.05) is 38.1 Å². The van der Waals surface area contributed by atoms with E-state index in [2.05, 4.69) is 4.99 Å². The van der Waals surface area contributed by atoms with Gasteiger partial charge < -0.3 is 14.1 Å². The number of aromatic nitrogens is 1. The van der Waals surface area contributed by atoms with Crippen LogP contribution in [0.25, 0.3) is 28.1 Å². The summed E-state index contributed by atoms with van der Waals surface area (Å²) < 4.78 is 22.4. The number of aryl methyl sites for hydroxylation is 2. The monoisotopic (exact) mass is 380 g/mol. The third kappa shape index (κ3) is 2.51. The number of carbonyl (C=O) groups is 1. The third-order valence-corrected chi connectivity index (χ3v) is 4.91. The first kappa shape index (κ1) is 17.9. The minimum Gasteiger partial charge on any atom is -0.477 e. The highest BCUT2D eigenvalue weighted by molar-refractivity contribution is 5.96. The van der Waals surface area contributed by atoms with E-state index in [0.29, 0.717) is 18.5 Å². The van der Waals surface area contributed by atoms with Crippen molar-refractivity contribution in [1.29, 1.82) is 0 Å². The van der Waals surface area contributed by atoms with Gasteiger partial charge in [-0.2, -0.15) is 0 Å². The Kier molecular flexibility index (Phi) is 4.22. The van der Waals surface area contributed by atoms with E-state index in [-0.39, 0.29) is 11.5 Å². The van der Waals surface area contributed by atoms with E-state index in [0.717, 1.165) is 22.2 Å². The normalized spacial score (nSPS) is 13.8. The van der Waals surface area contributed by atoms with Gasteiger partial charge in [-0.1, -0.05) is 18.2 Å². The molecular formula is C21H17FN2O4. The lowest BCUT2D eigenvalue weighted by molar-refractivity contribution is 0.0693. The summed E-state index contributed by atoms with van der Waals surface area (Å²) in [5.74, 6) is -2.30. The first-order valence-corrected chi connectivity index (χ1v) is 8.84. The molecule has 3 heterocycles. The lowest BCUT2D eigenvalue weighted by Gasteiger charge is -2.19. The zero-order chi connectivity index (χ0) is 20.0. The highest BCUT2D eigenvalue weighted by Crippen LogP contribution is 2.40. The average Bonchev–Trinajstić information content (AvgIpc) is 3.07. The van der Waals surface area contributed by atoms with Crippen molar-refractivity contribution < 1.29 is 18.7 Å². The molecule has 1 N–H and O–H groups in total. The molecule has 1 aliphatic heterocycles. The average molecular weight is 380 g/mol. The zero-order valence-corrected chi connectivity index (χ0v) is 15.3. The lowest BCUT2D eigenvalue weighted by Crippen LogP contribution is -2.25. The minimum absolute atomic E-state index is 0.0144. The fraction of sp³-hybridized carbons (Fsp3) is 0.190. The van der Waals surface area contributed by atoms with Crippen molar-refractivity contribution in [2.75, 3.05) is 0 Å². The number of hydrogen-bond donors (Lipinski definition) is 1. The number of fused-ring (bicyclic) bond motifs is 5. The molecule has 1 aliphatic rings. The van der Waals surface area contributed by atoms with Crippen LogP contribution < -0.4 is 5.43 Å². The number of hydrogen-bond acceptors (Lipinski definition) is 4. The fourth-order valence-electron chi connectivity index (χ4n) is 3.67. The summed E-state index contributed by atoms with van der Waals surface area (Å²) in [6, 6.07) is 5.64. The highest BCUT2D eigenvalue weighted by atomic mass is 19.1. The van der Waals surface area contributed by atoms with E-state index < -0.39 is 22.8 Å². The van der Waals surface area contributed by atoms with Gasteiger partial charge in [0.25, 0.3) is 0 Å². The second-order valence-electron chi connectivity index (χ2n) is 6.44. The molecule has 3 aromatic rings. The number of benzene rings is 1. The zero-order valence-electron chi connectivity index (χ0n) is 15.3. The first-order chi connectivity index (χ1) is 13.5. The number of nitrogens with zero attached hydrogens (tertiary/aromatic N) is 2. The van der Waals surface area contributed by atoms with Gasteiger partial charge in [0.05, 0.1) is 5.70 Å². The van der Waals surface area contributed by atoms with Crippen molar-refractivity contribution in [1.82, 2.24) is 4.57 Å². The summed E-state index contributed by atoms with van der Waals surface area (Å²) in [5, 5.41) is 9.99. The molecule has 4 rings (SSSR count). The molecular weight excluding hydrogens is 363 g/mol. The van der Waals surface area contributed by atoms with E-state index in [9.17, 15) is 14.0 Å². The summed E-state index contributed by atoms with van der Waals surface area (Å²) in [6.07, 6.45) is 5.24. The Bertz CT molecular complexity index is 1250. The number of para-hydroxylation sites is 1. The maximum atomic E-state index is 14.9. The summed E-state index contributed by atoms with van der Waals surface area (Å²) in [7, 11) is 0. The quantitative estimate of drug-likeness (QED) is 0.693. The van der Waals surface area contributed by atoms with Gasteiger partial charge >= 0.3 is 5.97 Å². The van der Waals surface area contributed by atoms with Crippen molar-refractivity contribution in [2.45, 2.75) is 26.8 Å². The van der Waals surface area contributed by atoms with Gasteiger partial charge in [0.1, 0.15) is 16.8 Å². The van der Waals surface area contributed by atoms with Gasteiger partial charge in [0, 0.05) is 35.5 Å². The molecule has 0 fully saturated rings. The SMILES string of the molecule is CC=N/C(=C\C)c1cccc2c3c(oc12)-c1c(F)c(=O)c(C(=O)O)cn1CC3. The molecule has 0 atom stereocenters. The van der Waals surface area contributed by atoms with Crippen LogP contribution in [0.15, 0.2) is 44.7 Å². The maximum absolute atomic E-state index is 14.9. The minimum atomic E-state index is -1.45. The molecule has 28 heavy (non-hydrogen) atoms. The van der Waals surface area contributed by atoms with Crippen LogP contribution >= 0.6 is 0 Å². The number of halogens is 1. The molecule has 0 radical (unpaired) electrons. The highest BCUT2D eigenvalue weighted by Gasteiger charge is 2.30. The van der Waals surface area contributed by atoms with Gasteiger partial charge in [-0.3, -0.25) is 9.79 Å². The molecule has 0 saturated carbocycles. The molecule has 6 nitrogen and oxygen atoms in total. The largest absolute Gasteiger partial charge is 0.477 e. The maximum Gasteiger partial charge on any atom is 0.341 e. The summed E-state index contributed by atoms with van der Waals surface area (Å²) in [5.41, 5.74) is 1.11. The second-order valence-corrected chi connectivity index (χ2v) is 6.44. The molecule has 1 aromatic carbocycles. The van der Waals surface area contributed by atoms with E-state index in [1.54, 1.807) is 6.21 Å². The van der Waals surface area contributed by atoms with Crippen LogP contribution in [0.3, 0.4) is 0 Å². The molecule has 142 valence electrons. The Morgan fingerprint density at radius 1 is 1.32 bits per heavy atom. The standard InChI is InChI=1S/C21H17FN2O4/c1-3-15(23-4-2)13-7-5-6-11-12-8-9-24-10-14(21(26)27)18(25)16(22)17(24)20(12)28-19(11)13/h3-7,10H,8-9H2,1-2H3,(H,26,27)/b15-3-,23-4?. The Balaban J connectivity index is 2.04. The van der Waals surface area contributed by atoms with Crippen LogP contribution in [-0.2, 0) is 13.0 Å². The number of carboxylic acid groups (broad SMARTS) is 1. The molecule has 0 unspecified atom stereocenters. The Morgan fingerprint density at radius 2 is 2.11 bits per heavy atom. The fourth-order valence-corrected chi connectivity index (χ4v) is 3.67. The van der Waals surface area contributed by atoms with Crippen LogP contribution in [0.2, 0.25) is 0 Å². The number of pyridine rings is 1. The van der Waals surface area contributed by atoms with Crippen molar-refractivity contribution in [3.8, 4) is 11.5 Å². The molecule has 2 aromatic heterocycles. The molecule has 0 aliphatic carbocycles. The summed E-state index contributed by atoms with van der Waals surface area (Å²) >= 11 is 0. The van der Waals surface area contributed by atoms with Crippen molar-refractivity contribution in [3.05, 3.63) is 63.2 Å².